The highest BCUT2D eigenvalue weighted by Gasteiger charge is 2.15. The number of fused-ring (bicyclic) bond motifs is 6. The van der Waals surface area contributed by atoms with Gasteiger partial charge in [0.1, 0.15) is 0 Å². The lowest BCUT2D eigenvalue weighted by Crippen LogP contribution is -1.97. The van der Waals surface area contributed by atoms with Crippen LogP contribution in [-0.2, 0) is 0 Å². The molecule has 0 aliphatic rings. The van der Waals surface area contributed by atoms with Gasteiger partial charge in [-0.2, -0.15) is 0 Å². The van der Waals surface area contributed by atoms with Crippen LogP contribution in [0.2, 0.25) is 0 Å². The second-order valence-electron chi connectivity index (χ2n) is 15.9. The molecule has 0 bridgehead atoms. The molecular weight excluding hydrogens is 749 g/mol. The van der Waals surface area contributed by atoms with Gasteiger partial charge in [-0.1, -0.05) is 220 Å². The fourth-order valence-corrected chi connectivity index (χ4v) is 8.80. The molecule has 2 nitrogen and oxygen atoms in total. The van der Waals surface area contributed by atoms with Crippen LogP contribution >= 0.6 is 0 Å². The maximum absolute atomic E-state index is 5.24. The maximum atomic E-state index is 5.24. The lowest BCUT2D eigenvalue weighted by atomic mass is 9.92. The number of nitrogens with zero attached hydrogens (tertiary/aromatic N) is 2. The van der Waals surface area contributed by atoms with Crippen molar-refractivity contribution in [1.82, 2.24) is 9.97 Å². The number of aromatic nitrogens is 2. The van der Waals surface area contributed by atoms with E-state index in [1.807, 2.05) is 0 Å². The van der Waals surface area contributed by atoms with Crippen LogP contribution in [-0.4, -0.2) is 9.97 Å². The molecule has 0 saturated heterocycles. The quantitative estimate of drug-likeness (QED) is 0.129. The van der Waals surface area contributed by atoms with E-state index in [-0.39, 0.29) is 0 Å². The van der Waals surface area contributed by atoms with Crippen molar-refractivity contribution in [3.05, 3.63) is 229 Å². The summed E-state index contributed by atoms with van der Waals surface area (Å²) in [4.78, 5) is 10.5. The van der Waals surface area contributed by atoms with E-state index in [0.29, 0.717) is 5.82 Å². The number of hydrogen-bond donors (Lipinski definition) is 0. The van der Waals surface area contributed by atoms with Crippen LogP contribution in [0.15, 0.2) is 212 Å². The van der Waals surface area contributed by atoms with Crippen LogP contribution in [0, 0.1) is 0 Å². The number of allylic oxidation sites excluding steroid dienone is 2. The Hall–Kier alpha value is -7.68. The van der Waals surface area contributed by atoms with Gasteiger partial charge in [-0.3, -0.25) is 0 Å². The Morgan fingerprint density at radius 3 is 1.50 bits per heavy atom. The monoisotopic (exact) mass is 794 g/mol. The first-order chi connectivity index (χ1) is 30.6. The molecule has 0 N–H and O–H groups in total. The molecule has 0 radical (unpaired) electrons. The van der Waals surface area contributed by atoms with Crippen LogP contribution in [0.3, 0.4) is 0 Å². The topological polar surface area (TPSA) is 25.8 Å². The van der Waals surface area contributed by atoms with Gasteiger partial charge in [0, 0.05) is 16.7 Å². The van der Waals surface area contributed by atoms with Crippen LogP contribution in [0.4, 0.5) is 0 Å². The lowest BCUT2D eigenvalue weighted by Gasteiger charge is -2.14. The first kappa shape index (κ1) is 38.5. The van der Waals surface area contributed by atoms with Crippen molar-refractivity contribution in [3.8, 4) is 56.2 Å². The third-order valence-corrected chi connectivity index (χ3v) is 12.0. The fraction of sp³-hybridized carbons (Fsp3) is 0.0667. The van der Waals surface area contributed by atoms with Crippen molar-refractivity contribution in [2.24, 2.45) is 0 Å². The summed E-state index contributed by atoms with van der Waals surface area (Å²) >= 11 is 0. The van der Waals surface area contributed by atoms with E-state index in [0.717, 1.165) is 46.5 Å². The molecule has 0 spiro atoms. The van der Waals surface area contributed by atoms with Gasteiger partial charge in [0.25, 0.3) is 0 Å². The smallest absolute Gasteiger partial charge is 0.160 e. The third kappa shape index (κ3) is 7.53. The van der Waals surface area contributed by atoms with Crippen molar-refractivity contribution in [3.63, 3.8) is 0 Å². The lowest BCUT2D eigenvalue weighted by molar-refractivity contribution is 0.962. The van der Waals surface area contributed by atoms with Gasteiger partial charge in [-0.25, -0.2) is 9.97 Å². The number of benzene rings is 9. The van der Waals surface area contributed by atoms with E-state index in [2.05, 4.69) is 232 Å². The van der Waals surface area contributed by atoms with E-state index in [1.165, 1.54) is 71.3 Å². The van der Waals surface area contributed by atoms with Gasteiger partial charge in [0.2, 0.25) is 0 Å². The van der Waals surface area contributed by atoms with Gasteiger partial charge < -0.3 is 0 Å². The molecule has 0 aliphatic heterocycles. The summed E-state index contributed by atoms with van der Waals surface area (Å²) in [5, 5.41) is 7.66. The summed E-state index contributed by atoms with van der Waals surface area (Å²) < 4.78 is 0. The van der Waals surface area contributed by atoms with Crippen LogP contribution in [0.5, 0.6) is 0 Å². The fourth-order valence-electron chi connectivity index (χ4n) is 8.80. The second kappa shape index (κ2) is 17.1. The van der Waals surface area contributed by atoms with Crippen molar-refractivity contribution >= 4 is 44.0 Å². The minimum atomic E-state index is 0.693. The SMILES string of the molecule is C/C=C(/c1ccc(-c2cc(-c3ccc(-c4ccccc4)cc3)nc(-c3ccc(-c4ccc5c6ccccc6c6ccccc6c5c4)cc3)n2)cc1)c1ccccc1/C=C/CCC. The summed E-state index contributed by atoms with van der Waals surface area (Å²) in [6.07, 6.45) is 8.94. The number of unbranched alkanes of at least 4 members (excludes halogenated alkanes) is 1. The van der Waals surface area contributed by atoms with E-state index in [4.69, 9.17) is 9.97 Å². The summed E-state index contributed by atoms with van der Waals surface area (Å²) in [6.45, 7) is 4.34. The van der Waals surface area contributed by atoms with Crippen LogP contribution < -0.4 is 0 Å². The van der Waals surface area contributed by atoms with Crippen molar-refractivity contribution in [1.29, 1.82) is 0 Å². The Kier molecular flexibility index (Phi) is 10.6. The highest BCUT2D eigenvalue weighted by atomic mass is 14.9. The largest absolute Gasteiger partial charge is 0.228 e. The van der Waals surface area contributed by atoms with Gasteiger partial charge in [0.15, 0.2) is 5.82 Å². The Morgan fingerprint density at radius 1 is 0.419 bits per heavy atom. The Morgan fingerprint density at radius 2 is 0.887 bits per heavy atom. The van der Waals surface area contributed by atoms with Crippen molar-refractivity contribution in [2.75, 3.05) is 0 Å². The number of hydrogen-bond acceptors (Lipinski definition) is 2. The Labute approximate surface area is 364 Å². The van der Waals surface area contributed by atoms with E-state index in [9.17, 15) is 0 Å². The molecule has 296 valence electrons. The van der Waals surface area contributed by atoms with Gasteiger partial charge in [-0.15, -0.1) is 0 Å². The summed E-state index contributed by atoms with van der Waals surface area (Å²) in [5.74, 6) is 0.693. The zero-order valence-corrected chi connectivity index (χ0v) is 35.1. The molecular formula is C60H46N2. The Bertz CT molecular complexity index is 3230. The van der Waals surface area contributed by atoms with E-state index < -0.39 is 0 Å². The molecule has 0 aliphatic carbocycles. The molecule has 1 aromatic heterocycles. The van der Waals surface area contributed by atoms with E-state index in [1.54, 1.807) is 0 Å². The minimum Gasteiger partial charge on any atom is -0.228 e. The summed E-state index contributed by atoms with van der Waals surface area (Å²) in [5.41, 5.74) is 14.4. The third-order valence-electron chi connectivity index (χ3n) is 12.0. The maximum Gasteiger partial charge on any atom is 0.160 e. The highest BCUT2D eigenvalue weighted by Crippen LogP contribution is 2.38. The Balaban J connectivity index is 1.02. The average molecular weight is 795 g/mol. The van der Waals surface area contributed by atoms with Crippen LogP contribution in [0.1, 0.15) is 43.4 Å². The highest BCUT2D eigenvalue weighted by molar-refractivity contribution is 6.25. The van der Waals surface area contributed by atoms with Crippen LogP contribution in [0.25, 0.3) is 100 Å². The molecule has 0 saturated carbocycles. The molecule has 1 heterocycles. The van der Waals surface area contributed by atoms with E-state index >= 15 is 0 Å². The molecule has 0 unspecified atom stereocenters. The average Bonchev–Trinajstić information content (AvgIpc) is 3.35. The van der Waals surface area contributed by atoms with Gasteiger partial charge >= 0.3 is 0 Å². The predicted octanol–water partition coefficient (Wildman–Crippen LogP) is 16.5. The molecule has 62 heavy (non-hydrogen) atoms. The molecule has 9 aromatic carbocycles. The van der Waals surface area contributed by atoms with Crippen molar-refractivity contribution < 1.29 is 0 Å². The zero-order valence-electron chi connectivity index (χ0n) is 35.1. The normalized spacial score (nSPS) is 11.9. The molecule has 10 rings (SSSR count). The molecule has 0 atom stereocenters. The zero-order chi connectivity index (χ0) is 41.8. The van der Waals surface area contributed by atoms with Gasteiger partial charge in [0.05, 0.1) is 11.4 Å². The number of rotatable bonds is 10. The molecule has 10 aromatic rings. The second-order valence-corrected chi connectivity index (χ2v) is 15.9. The predicted molar refractivity (Wildman–Crippen MR) is 265 cm³/mol. The van der Waals surface area contributed by atoms with Gasteiger partial charge in [-0.05, 0) is 102 Å². The van der Waals surface area contributed by atoms with Crippen molar-refractivity contribution in [2.45, 2.75) is 26.7 Å². The minimum absolute atomic E-state index is 0.693. The summed E-state index contributed by atoms with van der Waals surface area (Å²) in [7, 11) is 0. The molecule has 2 heteroatoms. The standard InChI is InChI=1S/C60H46N2/c1-3-5-7-18-44-19-10-11-20-51(44)50(4-2)45-29-33-47(34-30-45)59-40-58(46-31-25-42(26-32-46)41-16-8-6-9-17-41)61-60(62-59)48-35-27-43(28-36-48)49-37-38-56-54-23-13-12-21-52(54)53-22-14-15-24-55(53)57(56)39-49/h4,6-40H,3,5H2,1-2H3/b18-7+,50-4-. The summed E-state index contributed by atoms with van der Waals surface area (Å²) in [6, 6.07) is 71.9. The molecule has 0 fully saturated rings. The molecule has 0 amide bonds. The first-order valence-corrected chi connectivity index (χ1v) is 21.7. The first-order valence-electron chi connectivity index (χ1n) is 21.7.